The number of methoxy groups -OCH3 is 2. The van der Waals surface area contributed by atoms with Crippen LogP contribution in [0.1, 0.15) is 52.5 Å². The van der Waals surface area contributed by atoms with Gasteiger partial charge in [0, 0.05) is 37.0 Å². The van der Waals surface area contributed by atoms with Gasteiger partial charge in [0.1, 0.15) is 11.5 Å². The number of ether oxygens (including phenoxy) is 2. The highest BCUT2D eigenvalue weighted by Gasteiger charge is 2.42. The number of amides is 2. The molecule has 1 aliphatic rings. The van der Waals surface area contributed by atoms with Gasteiger partial charge >= 0.3 is 0 Å². The van der Waals surface area contributed by atoms with Gasteiger partial charge in [0.15, 0.2) is 0 Å². The summed E-state index contributed by atoms with van der Waals surface area (Å²) in [6.45, 7) is 10.9. The Morgan fingerprint density at radius 1 is 1.18 bits per heavy atom. The molecule has 1 N–H and O–H groups in total. The van der Waals surface area contributed by atoms with Crippen molar-refractivity contribution in [2.75, 3.05) is 27.3 Å². The van der Waals surface area contributed by atoms with Crippen LogP contribution >= 0.6 is 0 Å². The van der Waals surface area contributed by atoms with E-state index in [-0.39, 0.29) is 35.1 Å². The summed E-state index contributed by atoms with van der Waals surface area (Å²) < 4.78 is 10.9. The fourth-order valence-electron chi connectivity index (χ4n) is 3.67. The molecular weight excluding hydrogens is 356 g/mol. The fraction of sp³-hybridized carbons (Fsp3) is 0.636. The first kappa shape index (κ1) is 22.1. The highest BCUT2D eigenvalue weighted by molar-refractivity contribution is 5.84. The predicted octanol–water partition coefficient (Wildman–Crippen LogP) is 3.21. The van der Waals surface area contributed by atoms with Crippen LogP contribution in [0.25, 0.3) is 0 Å². The molecule has 0 bridgehead atoms. The quantitative estimate of drug-likeness (QED) is 0.810. The van der Waals surface area contributed by atoms with Crippen LogP contribution < -0.4 is 14.8 Å². The molecule has 2 amide bonds. The molecule has 2 rings (SSSR count). The monoisotopic (exact) mass is 390 g/mol. The average Bonchev–Trinajstić information content (AvgIpc) is 3.04. The summed E-state index contributed by atoms with van der Waals surface area (Å²) in [4.78, 5) is 27.6. The second kappa shape index (κ2) is 8.84. The van der Waals surface area contributed by atoms with Gasteiger partial charge in [-0.1, -0.05) is 20.8 Å². The maximum absolute atomic E-state index is 12.9. The number of carbonyl (C=O) groups excluding carboxylic acids is 2. The molecular formula is C22H34N2O4. The number of carbonyl (C=O) groups is 2. The van der Waals surface area contributed by atoms with Gasteiger partial charge in [-0.15, -0.1) is 0 Å². The molecule has 1 saturated heterocycles. The highest BCUT2D eigenvalue weighted by atomic mass is 16.5. The minimum absolute atomic E-state index is 0.0315. The van der Waals surface area contributed by atoms with Crippen LogP contribution in [0.15, 0.2) is 18.2 Å². The van der Waals surface area contributed by atoms with Crippen LogP contribution in [-0.4, -0.2) is 50.1 Å². The SMILES string of the molecule is COc1ccc(OC)c(C2CN(C(=O)CC(C)(C)C)CC2C(=O)NC(C)C)c1. The predicted molar refractivity (Wildman–Crippen MR) is 110 cm³/mol. The molecule has 2 atom stereocenters. The topological polar surface area (TPSA) is 67.9 Å². The number of hydrogen-bond acceptors (Lipinski definition) is 4. The van der Waals surface area contributed by atoms with E-state index in [2.05, 4.69) is 5.32 Å². The number of benzene rings is 1. The van der Waals surface area contributed by atoms with E-state index in [1.54, 1.807) is 14.2 Å². The molecule has 1 fully saturated rings. The van der Waals surface area contributed by atoms with Gasteiger partial charge in [-0.3, -0.25) is 9.59 Å². The Balaban J connectivity index is 2.38. The van der Waals surface area contributed by atoms with Crippen molar-refractivity contribution in [3.8, 4) is 11.5 Å². The molecule has 156 valence electrons. The minimum Gasteiger partial charge on any atom is -0.497 e. The molecule has 1 heterocycles. The molecule has 1 aliphatic heterocycles. The molecule has 0 spiro atoms. The third-order valence-corrected chi connectivity index (χ3v) is 4.96. The highest BCUT2D eigenvalue weighted by Crippen LogP contribution is 2.40. The van der Waals surface area contributed by atoms with Gasteiger partial charge in [-0.2, -0.15) is 0 Å². The van der Waals surface area contributed by atoms with Crippen molar-refractivity contribution in [1.29, 1.82) is 0 Å². The number of hydrogen-bond donors (Lipinski definition) is 1. The van der Waals surface area contributed by atoms with Gasteiger partial charge in [0.25, 0.3) is 0 Å². The Hall–Kier alpha value is -2.24. The smallest absolute Gasteiger partial charge is 0.225 e. The van der Waals surface area contributed by atoms with Gasteiger partial charge in [0.05, 0.1) is 20.1 Å². The molecule has 0 aromatic heterocycles. The van der Waals surface area contributed by atoms with Crippen LogP contribution in [-0.2, 0) is 9.59 Å². The van der Waals surface area contributed by atoms with E-state index in [1.165, 1.54) is 0 Å². The lowest BCUT2D eigenvalue weighted by molar-refractivity contribution is -0.132. The van der Waals surface area contributed by atoms with Crippen molar-refractivity contribution in [3.05, 3.63) is 23.8 Å². The third kappa shape index (κ3) is 5.40. The van der Waals surface area contributed by atoms with Crippen LogP contribution in [0.3, 0.4) is 0 Å². The largest absolute Gasteiger partial charge is 0.497 e. The lowest BCUT2D eigenvalue weighted by atomic mass is 9.87. The zero-order chi connectivity index (χ0) is 21.1. The lowest BCUT2D eigenvalue weighted by Gasteiger charge is -2.23. The van der Waals surface area contributed by atoms with E-state index >= 15 is 0 Å². The van der Waals surface area contributed by atoms with E-state index in [0.29, 0.717) is 31.0 Å². The Morgan fingerprint density at radius 2 is 1.86 bits per heavy atom. The number of likely N-dealkylation sites (tertiary alicyclic amines) is 1. The second-order valence-corrected chi connectivity index (χ2v) is 9.02. The average molecular weight is 391 g/mol. The van der Waals surface area contributed by atoms with Gasteiger partial charge in [0.2, 0.25) is 11.8 Å². The normalized spacial score (nSPS) is 19.6. The zero-order valence-corrected chi connectivity index (χ0v) is 18.2. The zero-order valence-electron chi connectivity index (χ0n) is 18.2. The fourth-order valence-corrected chi connectivity index (χ4v) is 3.67. The first-order valence-electron chi connectivity index (χ1n) is 9.85. The van der Waals surface area contributed by atoms with E-state index in [9.17, 15) is 9.59 Å². The van der Waals surface area contributed by atoms with Crippen molar-refractivity contribution in [2.45, 2.75) is 53.0 Å². The van der Waals surface area contributed by atoms with Gasteiger partial charge in [-0.25, -0.2) is 0 Å². The van der Waals surface area contributed by atoms with Crippen LogP contribution in [0.4, 0.5) is 0 Å². The van der Waals surface area contributed by atoms with Crippen molar-refractivity contribution in [2.24, 2.45) is 11.3 Å². The Labute approximate surface area is 168 Å². The van der Waals surface area contributed by atoms with E-state index in [0.717, 1.165) is 5.56 Å². The Morgan fingerprint density at radius 3 is 2.39 bits per heavy atom. The molecule has 0 radical (unpaired) electrons. The third-order valence-electron chi connectivity index (χ3n) is 4.96. The van der Waals surface area contributed by atoms with E-state index in [1.807, 2.05) is 57.7 Å². The molecule has 6 nitrogen and oxygen atoms in total. The van der Waals surface area contributed by atoms with Gasteiger partial charge < -0.3 is 19.7 Å². The molecule has 0 saturated carbocycles. The first-order chi connectivity index (χ1) is 13.1. The van der Waals surface area contributed by atoms with Gasteiger partial charge in [-0.05, 0) is 37.5 Å². The van der Waals surface area contributed by atoms with Crippen LogP contribution in [0.2, 0.25) is 0 Å². The summed E-state index contributed by atoms with van der Waals surface area (Å²) in [5, 5.41) is 3.01. The summed E-state index contributed by atoms with van der Waals surface area (Å²) in [6, 6.07) is 5.64. The summed E-state index contributed by atoms with van der Waals surface area (Å²) in [5.74, 6) is 0.992. The second-order valence-electron chi connectivity index (χ2n) is 9.02. The summed E-state index contributed by atoms with van der Waals surface area (Å²) in [6.07, 6.45) is 0.452. The van der Waals surface area contributed by atoms with E-state index in [4.69, 9.17) is 9.47 Å². The Kier molecular flexibility index (Phi) is 6.96. The standard InChI is InChI=1S/C22H34N2O4/c1-14(2)23-21(26)18-13-24(20(25)11-22(3,4)5)12-17(18)16-10-15(27-6)8-9-19(16)28-7/h8-10,14,17-18H,11-13H2,1-7H3,(H,23,26). The molecule has 28 heavy (non-hydrogen) atoms. The van der Waals surface area contributed by atoms with Crippen LogP contribution in [0, 0.1) is 11.3 Å². The molecule has 6 heteroatoms. The van der Waals surface area contributed by atoms with Crippen molar-refractivity contribution in [1.82, 2.24) is 10.2 Å². The van der Waals surface area contributed by atoms with Crippen molar-refractivity contribution in [3.63, 3.8) is 0 Å². The van der Waals surface area contributed by atoms with Crippen molar-refractivity contribution >= 4 is 11.8 Å². The van der Waals surface area contributed by atoms with E-state index < -0.39 is 0 Å². The van der Waals surface area contributed by atoms with Crippen LogP contribution in [0.5, 0.6) is 11.5 Å². The maximum atomic E-state index is 12.9. The summed E-state index contributed by atoms with van der Waals surface area (Å²) >= 11 is 0. The minimum atomic E-state index is -0.327. The number of nitrogens with zero attached hydrogens (tertiary/aromatic N) is 1. The van der Waals surface area contributed by atoms with Crippen molar-refractivity contribution < 1.29 is 19.1 Å². The number of rotatable bonds is 6. The molecule has 2 unspecified atom stereocenters. The molecule has 0 aliphatic carbocycles. The first-order valence-corrected chi connectivity index (χ1v) is 9.85. The number of nitrogens with one attached hydrogen (secondary N) is 1. The lowest BCUT2D eigenvalue weighted by Crippen LogP contribution is -2.39. The molecule has 1 aromatic rings. The maximum Gasteiger partial charge on any atom is 0.225 e. The molecule has 1 aromatic carbocycles. The summed E-state index contributed by atoms with van der Waals surface area (Å²) in [5.41, 5.74) is 0.801. The Bertz CT molecular complexity index is 709. The summed E-state index contributed by atoms with van der Waals surface area (Å²) in [7, 11) is 3.23.